The molecule has 0 unspecified atom stereocenters. The minimum absolute atomic E-state index is 0.169. The quantitative estimate of drug-likeness (QED) is 0.338. The number of ether oxygens (including phenoxy) is 1. The van der Waals surface area contributed by atoms with E-state index in [-0.39, 0.29) is 5.56 Å². The number of fused-ring (bicyclic) bond motifs is 1. The molecule has 0 amide bonds. The highest BCUT2D eigenvalue weighted by Crippen LogP contribution is 2.18. The van der Waals surface area contributed by atoms with Gasteiger partial charge in [0.1, 0.15) is 16.9 Å². The van der Waals surface area contributed by atoms with Crippen molar-refractivity contribution in [1.82, 2.24) is 0 Å². The first-order valence-electron chi connectivity index (χ1n) is 6.24. The van der Waals surface area contributed by atoms with E-state index in [4.69, 9.17) is 14.9 Å². The molecule has 0 aliphatic rings. The summed E-state index contributed by atoms with van der Waals surface area (Å²) in [5, 5.41) is 0.564. The third kappa shape index (κ3) is 2.62. The molecule has 1 heterocycles. The van der Waals surface area contributed by atoms with Crippen LogP contribution in [0.5, 0.6) is 5.75 Å². The van der Waals surface area contributed by atoms with E-state index in [1.807, 2.05) is 0 Å². The third-order valence-corrected chi connectivity index (χ3v) is 2.93. The smallest absolute Gasteiger partial charge is 0.351 e. The first kappa shape index (κ1) is 12.9. The van der Waals surface area contributed by atoms with Crippen LogP contribution in [-0.4, -0.2) is 5.97 Å². The topological polar surface area (TPSA) is 82.5 Å². The fourth-order valence-corrected chi connectivity index (χ4v) is 1.93. The van der Waals surface area contributed by atoms with E-state index in [1.54, 1.807) is 48.5 Å². The normalized spacial score (nSPS) is 10.5. The Morgan fingerprint density at radius 1 is 1.05 bits per heavy atom. The Bertz CT molecular complexity index is 868. The maximum Gasteiger partial charge on any atom is 0.351 e. The molecule has 0 saturated carbocycles. The minimum atomic E-state index is -0.765. The summed E-state index contributed by atoms with van der Waals surface area (Å²) in [6, 6.07) is 14.7. The Hall–Kier alpha value is -3.08. The lowest BCUT2D eigenvalue weighted by Gasteiger charge is -2.04. The summed E-state index contributed by atoms with van der Waals surface area (Å²) in [4.78, 5) is 23.9. The van der Waals surface area contributed by atoms with E-state index < -0.39 is 11.6 Å². The number of rotatable bonds is 2. The van der Waals surface area contributed by atoms with Crippen molar-refractivity contribution in [2.45, 2.75) is 0 Å². The second kappa shape index (κ2) is 5.13. The molecule has 0 bridgehead atoms. The number of carbonyl (C=O) groups is 1. The standard InChI is InChI=1S/C16H11NO4/c17-11-6-7-14-10(8-11)9-13(16(19)21-14)15(18)20-12-4-2-1-3-5-12/h1-9H,17H2. The SMILES string of the molecule is Nc1ccc2oc(=O)c(C(=O)Oc3ccccc3)cc2c1. The Morgan fingerprint density at radius 3 is 2.57 bits per heavy atom. The summed E-state index contributed by atoms with van der Waals surface area (Å²) < 4.78 is 10.2. The average Bonchev–Trinajstić information content (AvgIpc) is 2.48. The maximum atomic E-state index is 12.1. The lowest BCUT2D eigenvalue weighted by atomic mass is 10.1. The van der Waals surface area contributed by atoms with Gasteiger partial charge in [0.15, 0.2) is 0 Å². The zero-order chi connectivity index (χ0) is 14.8. The molecule has 0 spiro atoms. The van der Waals surface area contributed by atoms with E-state index in [0.29, 0.717) is 22.4 Å². The van der Waals surface area contributed by atoms with E-state index in [1.165, 1.54) is 6.07 Å². The highest BCUT2D eigenvalue weighted by atomic mass is 16.5. The van der Waals surface area contributed by atoms with Crippen molar-refractivity contribution in [2.75, 3.05) is 5.73 Å². The second-order valence-electron chi connectivity index (χ2n) is 4.45. The van der Waals surface area contributed by atoms with Gasteiger partial charge in [0, 0.05) is 11.1 Å². The number of hydrogen-bond donors (Lipinski definition) is 1. The van der Waals surface area contributed by atoms with E-state index >= 15 is 0 Å². The third-order valence-electron chi connectivity index (χ3n) is 2.93. The van der Waals surface area contributed by atoms with Gasteiger partial charge in [0.25, 0.3) is 0 Å². The Balaban J connectivity index is 2.01. The number of anilines is 1. The lowest BCUT2D eigenvalue weighted by Crippen LogP contribution is -2.18. The van der Waals surface area contributed by atoms with Crippen LogP contribution in [0.2, 0.25) is 0 Å². The molecular formula is C16H11NO4. The number of benzene rings is 2. The Labute approximate surface area is 119 Å². The molecular weight excluding hydrogens is 270 g/mol. The Kier molecular flexibility index (Phi) is 3.16. The van der Waals surface area contributed by atoms with E-state index in [9.17, 15) is 9.59 Å². The molecule has 0 atom stereocenters. The van der Waals surface area contributed by atoms with Gasteiger partial charge >= 0.3 is 11.6 Å². The summed E-state index contributed by atoms with van der Waals surface area (Å²) in [6.07, 6.45) is 0. The number of esters is 1. The van der Waals surface area contributed by atoms with Crippen LogP contribution >= 0.6 is 0 Å². The van der Waals surface area contributed by atoms with Gasteiger partial charge in [-0.3, -0.25) is 0 Å². The zero-order valence-electron chi connectivity index (χ0n) is 10.9. The van der Waals surface area contributed by atoms with Crippen LogP contribution in [-0.2, 0) is 0 Å². The van der Waals surface area contributed by atoms with Gasteiger partial charge in [-0.25, -0.2) is 9.59 Å². The first-order chi connectivity index (χ1) is 10.1. The number of para-hydroxylation sites is 1. The molecule has 21 heavy (non-hydrogen) atoms. The molecule has 5 heteroatoms. The van der Waals surface area contributed by atoms with Crippen LogP contribution in [0.1, 0.15) is 10.4 Å². The van der Waals surface area contributed by atoms with Crippen molar-refractivity contribution in [2.24, 2.45) is 0 Å². The number of nitrogens with two attached hydrogens (primary N) is 1. The largest absolute Gasteiger partial charge is 0.423 e. The summed E-state index contributed by atoms with van der Waals surface area (Å²) in [7, 11) is 0. The molecule has 0 saturated heterocycles. The maximum absolute atomic E-state index is 12.1. The predicted octanol–water partition coefficient (Wildman–Crippen LogP) is 2.59. The number of carbonyl (C=O) groups excluding carboxylic acids is 1. The zero-order valence-corrected chi connectivity index (χ0v) is 10.9. The monoisotopic (exact) mass is 281 g/mol. The molecule has 3 rings (SSSR count). The van der Waals surface area contributed by atoms with Crippen molar-refractivity contribution in [3.05, 3.63) is 70.6 Å². The summed E-state index contributed by atoms with van der Waals surface area (Å²) in [6.45, 7) is 0. The first-order valence-corrected chi connectivity index (χ1v) is 6.24. The van der Waals surface area contributed by atoms with Gasteiger partial charge in [-0.05, 0) is 36.4 Å². The molecule has 0 aliphatic carbocycles. The fourth-order valence-electron chi connectivity index (χ4n) is 1.93. The number of nitrogen functional groups attached to an aromatic ring is 1. The fraction of sp³-hybridized carbons (Fsp3) is 0. The van der Waals surface area contributed by atoms with E-state index in [0.717, 1.165) is 0 Å². The van der Waals surface area contributed by atoms with Crippen molar-refractivity contribution >= 4 is 22.6 Å². The second-order valence-corrected chi connectivity index (χ2v) is 4.45. The van der Waals surface area contributed by atoms with E-state index in [2.05, 4.69) is 0 Å². The minimum Gasteiger partial charge on any atom is -0.423 e. The lowest BCUT2D eigenvalue weighted by molar-refractivity contribution is 0.0730. The molecule has 2 aromatic carbocycles. The molecule has 104 valence electrons. The van der Waals surface area contributed by atoms with Crippen LogP contribution < -0.4 is 16.1 Å². The molecule has 3 aromatic rings. The Morgan fingerprint density at radius 2 is 1.81 bits per heavy atom. The van der Waals surface area contributed by atoms with Crippen molar-refractivity contribution < 1.29 is 13.9 Å². The summed E-state index contributed by atoms with van der Waals surface area (Å²) in [5.74, 6) is -0.408. The van der Waals surface area contributed by atoms with Crippen molar-refractivity contribution in [1.29, 1.82) is 0 Å². The van der Waals surface area contributed by atoms with Gasteiger partial charge < -0.3 is 14.9 Å². The number of hydrogen-bond acceptors (Lipinski definition) is 5. The van der Waals surface area contributed by atoms with Crippen LogP contribution in [0.3, 0.4) is 0 Å². The average molecular weight is 281 g/mol. The molecule has 2 N–H and O–H groups in total. The highest BCUT2D eigenvalue weighted by Gasteiger charge is 2.16. The van der Waals surface area contributed by atoms with Gasteiger partial charge in [-0.1, -0.05) is 18.2 Å². The molecule has 0 radical (unpaired) electrons. The van der Waals surface area contributed by atoms with Crippen LogP contribution in [0, 0.1) is 0 Å². The van der Waals surface area contributed by atoms with Gasteiger partial charge in [0.2, 0.25) is 0 Å². The molecule has 0 aliphatic heterocycles. The van der Waals surface area contributed by atoms with Crippen molar-refractivity contribution in [3.63, 3.8) is 0 Å². The summed E-state index contributed by atoms with van der Waals surface area (Å²) >= 11 is 0. The highest BCUT2D eigenvalue weighted by molar-refractivity contribution is 5.94. The van der Waals surface area contributed by atoms with Crippen molar-refractivity contribution in [3.8, 4) is 5.75 Å². The van der Waals surface area contributed by atoms with Crippen LogP contribution in [0.15, 0.2) is 63.8 Å². The molecule has 0 fully saturated rings. The summed E-state index contributed by atoms with van der Waals surface area (Å²) in [5.41, 5.74) is 5.64. The van der Waals surface area contributed by atoms with Crippen LogP contribution in [0.4, 0.5) is 5.69 Å². The molecule has 5 nitrogen and oxygen atoms in total. The van der Waals surface area contributed by atoms with Gasteiger partial charge in [0.05, 0.1) is 0 Å². The van der Waals surface area contributed by atoms with Gasteiger partial charge in [-0.2, -0.15) is 0 Å². The molecule has 1 aromatic heterocycles. The predicted molar refractivity (Wildman–Crippen MR) is 78.3 cm³/mol. The van der Waals surface area contributed by atoms with Gasteiger partial charge in [-0.15, -0.1) is 0 Å². The van der Waals surface area contributed by atoms with Crippen LogP contribution in [0.25, 0.3) is 11.0 Å².